The number of nitrogens with zero attached hydrogens (tertiary/aromatic N) is 12. The summed E-state index contributed by atoms with van der Waals surface area (Å²) in [4.78, 5) is 65.5. The van der Waals surface area contributed by atoms with Gasteiger partial charge in [0.25, 0.3) is 0 Å². The highest BCUT2D eigenvalue weighted by Crippen LogP contribution is 2.44. The number of rotatable bonds is 15. The third-order valence-electron chi connectivity index (χ3n) is 22.5. The highest BCUT2D eigenvalue weighted by atomic mass is 79.9. The van der Waals surface area contributed by atoms with E-state index in [-0.39, 0.29) is 87.2 Å². The highest BCUT2D eigenvalue weighted by molar-refractivity contribution is 9.11. The van der Waals surface area contributed by atoms with Crippen molar-refractivity contribution in [3.05, 3.63) is 190 Å². The van der Waals surface area contributed by atoms with Crippen molar-refractivity contribution in [2.75, 3.05) is 19.8 Å². The Morgan fingerprint density at radius 1 is 0.390 bits per heavy atom. The molecule has 1 N–H and O–H groups in total. The smallest absolute Gasteiger partial charge is 0.477 e. The molecule has 123 heavy (non-hydrogen) atoms. The fourth-order valence-corrected chi connectivity index (χ4v) is 14.2. The van der Waals surface area contributed by atoms with Crippen LogP contribution in [0.15, 0.2) is 87.8 Å². The zero-order chi connectivity index (χ0) is 91.7. The number of aryl methyl sites for hydroxylation is 7. The van der Waals surface area contributed by atoms with Crippen LogP contribution in [0.5, 0.6) is 0 Å². The van der Waals surface area contributed by atoms with Crippen LogP contribution < -0.4 is 5.46 Å². The van der Waals surface area contributed by atoms with Gasteiger partial charge in [0.05, 0.1) is 102 Å². The molecular weight excluding hydrogens is 1710 g/mol. The molecule has 0 aliphatic carbocycles. The average molecular weight is 1830 g/mol. The number of ether oxygens (including phenoxy) is 3. The largest absolute Gasteiger partial charge is 0.500 e. The molecular formula is C89H114B3Br2F3N12O14. The van der Waals surface area contributed by atoms with E-state index >= 15 is 0 Å². The first-order valence-corrected chi connectivity index (χ1v) is 42.8. The van der Waals surface area contributed by atoms with Gasteiger partial charge in [0, 0.05) is 33.9 Å². The van der Waals surface area contributed by atoms with Gasteiger partial charge in [-0.1, -0.05) is 91.8 Å². The van der Waals surface area contributed by atoms with Crippen LogP contribution in [-0.2, 0) is 42.1 Å². The number of hydrogen-bond donors (Lipinski definition) is 1. The Labute approximate surface area is 735 Å². The van der Waals surface area contributed by atoms with Crippen molar-refractivity contribution in [3.8, 4) is 22.3 Å². The maximum Gasteiger partial charge on any atom is 0.500 e. The van der Waals surface area contributed by atoms with Crippen LogP contribution in [0.2, 0.25) is 0 Å². The number of aromatic carboxylic acids is 1. The summed E-state index contributed by atoms with van der Waals surface area (Å²) in [5.74, 6) is -2.85. The Hall–Kier alpha value is -9.28. The molecule has 3 aromatic carbocycles. The molecule has 34 heteroatoms. The molecule has 3 fully saturated rings. The molecule has 8 aromatic heterocycles. The van der Waals surface area contributed by atoms with Gasteiger partial charge >= 0.3 is 45.0 Å². The van der Waals surface area contributed by atoms with E-state index in [1.807, 2.05) is 171 Å². The van der Waals surface area contributed by atoms with Crippen molar-refractivity contribution in [2.24, 2.45) is 0 Å². The van der Waals surface area contributed by atoms with Crippen molar-refractivity contribution in [2.45, 2.75) is 265 Å². The topological polar surface area (TPSA) is 292 Å². The zero-order valence-corrected chi connectivity index (χ0v) is 79.4. The fraction of sp³-hybridized carbons (Fsp3) is 0.483. The molecule has 658 valence electrons. The van der Waals surface area contributed by atoms with Crippen molar-refractivity contribution >= 4 is 105 Å². The number of carboxylic acid groups (broad SMARTS) is 1. The van der Waals surface area contributed by atoms with Gasteiger partial charge in [0.2, 0.25) is 0 Å². The first kappa shape index (κ1) is 97.5. The van der Waals surface area contributed by atoms with E-state index in [9.17, 15) is 37.5 Å². The van der Waals surface area contributed by atoms with Crippen LogP contribution in [-0.4, -0.2) is 162 Å². The van der Waals surface area contributed by atoms with Crippen molar-refractivity contribution in [3.63, 3.8) is 0 Å². The van der Waals surface area contributed by atoms with E-state index in [0.717, 1.165) is 60.8 Å². The number of aromatic nitrogens is 12. The number of fused-ring (bicyclic) bond motifs is 4. The van der Waals surface area contributed by atoms with E-state index in [4.69, 9.17) is 42.1 Å². The van der Waals surface area contributed by atoms with E-state index in [1.165, 1.54) is 24.3 Å². The molecule has 0 bridgehead atoms. The summed E-state index contributed by atoms with van der Waals surface area (Å²) >= 11 is 6.56. The van der Waals surface area contributed by atoms with Gasteiger partial charge in [0.15, 0.2) is 45.4 Å². The summed E-state index contributed by atoms with van der Waals surface area (Å²) in [6.07, 6.45) is 0. The lowest BCUT2D eigenvalue weighted by atomic mass is 9.49. The van der Waals surface area contributed by atoms with Crippen molar-refractivity contribution in [1.29, 1.82) is 0 Å². The van der Waals surface area contributed by atoms with Gasteiger partial charge in [-0.15, -0.1) is 0 Å². The Morgan fingerprint density at radius 3 is 1.00 bits per heavy atom. The summed E-state index contributed by atoms with van der Waals surface area (Å²) in [5, 5.41) is 27.5. The molecule has 0 unspecified atom stereocenters. The number of carbonyl (C=O) groups is 4. The van der Waals surface area contributed by atoms with Crippen LogP contribution >= 0.6 is 31.9 Å². The molecule has 14 rings (SSSR count). The summed E-state index contributed by atoms with van der Waals surface area (Å²) in [6.45, 7) is 59.5. The number of carbonyl (C=O) groups excluding carboxylic acids is 3. The lowest BCUT2D eigenvalue weighted by Crippen LogP contribution is -2.41. The van der Waals surface area contributed by atoms with Gasteiger partial charge < -0.3 is 47.2 Å². The summed E-state index contributed by atoms with van der Waals surface area (Å²) in [5.41, 5.74) is 11.9. The first-order valence-electron chi connectivity index (χ1n) is 41.2. The maximum absolute atomic E-state index is 14.6. The van der Waals surface area contributed by atoms with Crippen LogP contribution in [0.1, 0.15) is 287 Å². The minimum atomic E-state index is -1.12. The molecule has 11 heterocycles. The van der Waals surface area contributed by atoms with Crippen molar-refractivity contribution < 1.29 is 79.6 Å². The molecule has 3 aliphatic rings. The zero-order valence-electron chi connectivity index (χ0n) is 76.2. The Kier molecular flexibility index (Phi) is 30.4. The second-order valence-corrected chi connectivity index (χ2v) is 36.3. The van der Waals surface area contributed by atoms with Gasteiger partial charge in [-0.05, 0) is 267 Å². The Balaban J connectivity index is 0.000000171. The molecule has 0 saturated carbocycles. The fourth-order valence-electron chi connectivity index (χ4n) is 13.6. The number of benzene rings is 3. The maximum atomic E-state index is 14.6. The van der Waals surface area contributed by atoms with E-state index in [2.05, 4.69) is 99.9 Å². The monoisotopic (exact) mass is 1820 g/mol. The van der Waals surface area contributed by atoms with Crippen LogP contribution in [0, 0.1) is 65.9 Å². The molecule has 3 aliphatic heterocycles. The minimum absolute atomic E-state index is 0.0440. The third-order valence-corrected chi connectivity index (χ3v) is 24.5. The number of hydrogen-bond acceptors (Lipinski definition) is 21. The van der Waals surface area contributed by atoms with E-state index in [0.29, 0.717) is 79.6 Å². The lowest BCUT2D eigenvalue weighted by Gasteiger charge is -2.32. The number of carboxylic acids is 1. The second-order valence-electron chi connectivity index (χ2n) is 34.7. The van der Waals surface area contributed by atoms with Crippen LogP contribution in [0.25, 0.3) is 44.8 Å². The number of esters is 3. The van der Waals surface area contributed by atoms with Gasteiger partial charge in [-0.2, -0.15) is 20.4 Å². The normalized spacial score (nSPS) is 15.8. The van der Waals surface area contributed by atoms with Gasteiger partial charge in [0.1, 0.15) is 17.5 Å². The van der Waals surface area contributed by atoms with Crippen LogP contribution in [0.4, 0.5) is 13.2 Å². The van der Waals surface area contributed by atoms with Crippen molar-refractivity contribution in [1.82, 2.24) is 58.4 Å². The summed E-state index contributed by atoms with van der Waals surface area (Å²) < 4.78 is 101. The summed E-state index contributed by atoms with van der Waals surface area (Å²) in [7, 11) is -1.55. The molecule has 0 amide bonds. The molecule has 11 aromatic rings. The average Bonchev–Trinajstić information content (AvgIpc) is 1.60. The Morgan fingerprint density at radius 2 is 0.675 bits per heavy atom. The predicted molar refractivity (Wildman–Crippen MR) is 477 cm³/mol. The first-order chi connectivity index (χ1) is 57.2. The SMILES string of the molecule is CC1(C)OB(B2OC(C)(C)C(C)(C)O2)OC1(C)C.CCOC(=O)c1cc(C(C)C)n2nc(C)c(-c3c(C)cccc3F)c2n1.CCOC(=O)c1cc(C(C)C)n2nc(C)c(B3OC(C)(C)C(C)(C)O3)c2n1.CCOC(=O)c1cc(C(C)C)n2nc(C)c(Br)c2n1.Cc1cccc(F)c1-c1c(C)nn2c(C(C)C)cc(C(=O)O)nc12.Cc1cccc(F)c1Br. The quantitative estimate of drug-likeness (QED) is 0.0566. The molecule has 0 atom stereocenters. The molecule has 0 radical (unpaired) electrons. The highest BCUT2D eigenvalue weighted by Gasteiger charge is 2.64. The van der Waals surface area contributed by atoms with Gasteiger partial charge in [-0.25, -0.2) is 70.3 Å². The molecule has 0 spiro atoms. The van der Waals surface area contributed by atoms with E-state index in [1.54, 1.807) is 82.2 Å². The molecule has 26 nitrogen and oxygen atoms in total. The number of halogens is 5. The van der Waals surface area contributed by atoms with E-state index < -0.39 is 56.2 Å². The second kappa shape index (κ2) is 38.3. The summed E-state index contributed by atoms with van der Waals surface area (Å²) in [6, 6.07) is 21.5. The van der Waals surface area contributed by atoms with Gasteiger partial charge in [-0.3, -0.25) is 0 Å². The standard InChI is InChI=1S/C20H22FN3O2.C19H28BN3O4.C18H18FN3O2.C13H16BrN3O2.C12H24B2O4.C7H6BrF/c1-6-26-20(25)15-10-16(11(2)3)24-19(22-15)18(13(5)23-24)17-12(4)8-7-9-14(17)21;1-9-25-17(24)13-10-14(11(2)3)23-16(21-13)15(12(4)22-23)20-26-18(5,6)19(7,8)27-20;1-9(2)14-8-13(18(23)24)20-17-16(11(4)21-22(14)17)15-10(3)6-5-7-12(15)19;1-5-19-13(18)9-6-10(7(2)3)17-12(15-9)11(14)8(4)16-17;1-9(2)10(3,4)16-13(15-9)14-17-11(5,6)12(7,8)18-14;1-5-3-2-4-6(9)7(5)8/h7-11H,6H2,1-5H3;10-11H,9H2,1-8H3;5-9H,1-4H3,(H,23,24);6-7H,5H2,1-4H3;1-8H3;2-4H,1H3. The minimum Gasteiger partial charge on any atom is -0.477 e. The molecule has 3 saturated heterocycles. The Bertz CT molecular complexity index is 5640. The lowest BCUT2D eigenvalue weighted by molar-refractivity contribution is 0.00578. The van der Waals surface area contributed by atoms with Crippen LogP contribution in [0.3, 0.4) is 0 Å². The third kappa shape index (κ3) is 20.6. The predicted octanol–water partition coefficient (Wildman–Crippen LogP) is 19.3.